The zero-order valence-corrected chi connectivity index (χ0v) is 23.9. The summed E-state index contributed by atoms with van der Waals surface area (Å²) in [6, 6.07) is 26.1. The Balaban J connectivity index is 1.01. The molecule has 0 atom stereocenters. The Morgan fingerprint density at radius 3 is 2.18 bits per heavy atom. The third-order valence-electron chi connectivity index (χ3n) is 7.73. The van der Waals surface area contributed by atoms with E-state index in [1.165, 1.54) is 11.8 Å². The smallest absolute Gasteiger partial charge is 0.287 e. The van der Waals surface area contributed by atoms with Gasteiger partial charge in [-0.3, -0.25) is 19.2 Å². The molecule has 5 aromatic rings. The summed E-state index contributed by atoms with van der Waals surface area (Å²) in [5, 5.41) is 28.9. The molecule has 10 nitrogen and oxygen atoms in total. The van der Waals surface area contributed by atoms with Crippen LogP contribution in [0.3, 0.4) is 0 Å². The number of furan rings is 1. The van der Waals surface area contributed by atoms with Crippen LogP contribution in [0.4, 0.5) is 5.69 Å². The monoisotopic (exact) mass is 583 g/mol. The number of carbonyl (C=O) groups excluding carboxylic acids is 2. The number of rotatable bonds is 8. The van der Waals surface area contributed by atoms with Crippen molar-refractivity contribution in [2.45, 2.75) is 32.0 Å². The van der Waals surface area contributed by atoms with Gasteiger partial charge in [0, 0.05) is 42.9 Å². The minimum atomic E-state index is -0.303. The Morgan fingerprint density at radius 1 is 0.864 bits per heavy atom. The van der Waals surface area contributed by atoms with Gasteiger partial charge < -0.3 is 15.1 Å². The molecule has 44 heavy (non-hydrogen) atoms. The average molecular weight is 584 g/mol. The van der Waals surface area contributed by atoms with Gasteiger partial charge in [-0.2, -0.15) is 15.6 Å². The fraction of sp³-hybridized carbons (Fsp3) is 0.206. The summed E-state index contributed by atoms with van der Waals surface area (Å²) in [6.45, 7) is 3.02. The van der Waals surface area contributed by atoms with Gasteiger partial charge in [-0.1, -0.05) is 24.3 Å². The van der Waals surface area contributed by atoms with Crippen molar-refractivity contribution in [1.82, 2.24) is 20.0 Å². The number of nitrogens with one attached hydrogen (secondary N) is 2. The van der Waals surface area contributed by atoms with Gasteiger partial charge in [0.15, 0.2) is 5.76 Å². The summed E-state index contributed by atoms with van der Waals surface area (Å²) in [5.41, 5.74) is 4.92. The lowest BCUT2D eigenvalue weighted by Gasteiger charge is -2.32. The van der Waals surface area contributed by atoms with Gasteiger partial charge in [0.1, 0.15) is 5.58 Å². The van der Waals surface area contributed by atoms with Gasteiger partial charge in [0.2, 0.25) is 0 Å². The third-order valence-corrected chi connectivity index (χ3v) is 7.73. The van der Waals surface area contributed by atoms with Crippen molar-refractivity contribution in [3.05, 3.63) is 119 Å². The van der Waals surface area contributed by atoms with Crippen LogP contribution in [-0.2, 0) is 13.1 Å². The van der Waals surface area contributed by atoms with E-state index in [2.05, 4.69) is 32.8 Å². The van der Waals surface area contributed by atoms with Crippen molar-refractivity contribution in [2.75, 3.05) is 18.4 Å². The Labute approximate surface area is 254 Å². The minimum Gasteiger partial charge on any atom is -0.451 e. The molecule has 1 saturated heterocycles. The first-order valence-corrected chi connectivity index (χ1v) is 14.3. The Hall–Kier alpha value is -5.71. The van der Waals surface area contributed by atoms with E-state index in [0.29, 0.717) is 39.9 Å². The van der Waals surface area contributed by atoms with Crippen LogP contribution in [0.1, 0.15) is 56.0 Å². The van der Waals surface area contributed by atoms with Crippen LogP contribution in [-0.4, -0.2) is 45.6 Å². The van der Waals surface area contributed by atoms with Crippen LogP contribution < -0.4 is 10.6 Å². The van der Waals surface area contributed by atoms with Crippen molar-refractivity contribution in [2.24, 2.45) is 0 Å². The summed E-state index contributed by atoms with van der Waals surface area (Å²) in [4.78, 5) is 28.2. The lowest BCUT2D eigenvalue weighted by molar-refractivity contribution is 0.0883. The van der Waals surface area contributed by atoms with E-state index in [1.807, 2.05) is 36.4 Å². The van der Waals surface area contributed by atoms with Gasteiger partial charge in [-0.05, 0) is 72.5 Å². The molecule has 0 spiro atoms. The van der Waals surface area contributed by atoms with E-state index < -0.39 is 0 Å². The lowest BCUT2D eigenvalue weighted by Crippen LogP contribution is -2.44. The van der Waals surface area contributed by atoms with E-state index in [9.17, 15) is 9.59 Å². The van der Waals surface area contributed by atoms with Crippen molar-refractivity contribution >= 4 is 28.5 Å². The number of nitriles is 2. The number of fused-ring (bicyclic) bond motifs is 1. The molecule has 10 heteroatoms. The molecular formula is C34H29N7O3. The fourth-order valence-corrected chi connectivity index (χ4v) is 5.31. The second kappa shape index (κ2) is 12.7. The quantitative estimate of drug-likeness (QED) is 0.260. The molecule has 0 radical (unpaired) electrons. The van der Waals surface area contributed by atoms with Crippen molar-refractivity contribution < 1.29 is 14.0 Å². The fourth-order valence-electron chi connectivity index (χ4n) is 5.31. The number of piperidine rings is 1. The van der Waals surface area contributed by atoms with Gasteiger partial charge in [-0.15, -0.1) is 0 Å². The highest BCUT2D eigenvalue weighted by Gasteiger charge is 2.23. The van der Waals surface area contributed by atoms with E-state index in [1.54, 1.807) is 47.3 Å². The normalized spacial score (nSPS) is 13.7. The molecule has 6 rings (SSSR count). The molecule has 1 aliphatic rings. The van der Waals surface area contributed by atoms with Crippen LogP contribution in [0.15, 0.2) is 89.6 Å². The predicted molar refractivity (Wildman–Crippen MR) is 164 cm³/mol. The van der Waals surface area contributed by atoms with E-state index >= 15 is 0 Å². The van der Waals surface area contributed by atoms with Crippen molar-refractivity contribution in [3.63, 3.8) is 0 Å². The number of hydrogen-bond acceptors (Lipinski definition) is 7. The zero-order valence-electron chi connectivity index (χ0n) is 23.9. The number of benzene rings is 3. The van der Waals surface area contributed by atoms with Crippen molar-refractivity contribution in [1.29, 1.82) is 10.5 Å². The van der Waals surface area contributed by atoms with E-state index in [0.717, 1.165) is 38.0 Å². The van der Waals surface area contributed by atoms with Crippen LogP contribution >= 0.6 is 0 Å². The summed E-state index contributed by atoms with van der Waals surface area (Å²) in [6.07, 6.45) is 4.85. The van der Waals surface area contributed by atoms with Crippen LogP contribution in [0.2, 0.25) is 0 Å². The van der Waals surface area contributed by atoms with Crippen LogP contribution in [0.25, 0.3) is 11.0 Å². The first kappa shape index (κ1) is 28.4. The van der Waals surface area contributed by atoms with Crippen molar-refractivity contribution in [3.8, 4) is 12.1 Å². The van der Waals surface area contributed by atoms with Crippen LogP contribution in [0.5, 0.6) is 0 Å². The maximum absolute atomic E-state index is 13.0. The molecule has 218 valence electrons. The third kappa shape index (κ3) is 6.67. The summed E-state index contributed by atoms with van der Waals surface area (Å²) >= 11 is 0. The molecule has 3 aromatic carbocycles. The number of anilines is 1. The first-order valence-electron chi connectivity index (χ1n) is 14.3. The SMILES string of the molecule is N#Cc1ccc(CN2CCC(NC(=O)c3cc4cc(NC(=O)c5cnn(Cc6ccc(C#N)cc6)c5)ccc4o3)CC2)cc1. The summed E-state index contributed by atoms with van der Waals surface area (Å²) < 4.78 is 7.49. The Morgan fingerprint density at radius 2 is 1.52 bits per heavy atom. The molecule has 1 aliphatic heterocycles. The standard InChI is InChI=1S/C34H29N7O3/c35-17-23-1-5-25(6-2-23)20-40-13-11-29(12-14-40)38-34(43)32-16-27-15-30(9-10-31(27)44-32)39-33(42)28-19-37-41(22-28)21-26-7-3-24(18-36)4-8-26/h1-10,15-16,19,22,29H,11-14,20-21H2,(H,38,43)(H,39,42). The maximum atomic E-state index is 13.0. The average Bonchev–Trinajstić information content (AvgIpc) is 3.70. The van der Waals surface area contributed by atoms with Crippen LogP contribution in [0, 0.1) is 22.7 Å². The second-order valence-corrected chi connectivity index (χ2v) is 10.9. The predicted octanol–water partition coefficient (Wildman–Crippen LogP) is 5.07. The highest BCUT2D eigenvalue weighted by molar-refractivity contribution is 6.05. The Bertz CT molecular complexity index is 1880. The van der Waals surface area contributed by atoms with Gasteiger partial charge in [-0.25, -0.2) is 0 Å². The van der Waals surface area contributed by atoms with Gasteiger partial charge in [0.25, 0.3) is 11.8 Å². The first-order chi connectivity index (χ1) is 21.4. The summed E-state index contributed by atoms with van der Waals surface area (Å²) in [5.74, 6) is -0.331. The maximum Gasteiger partial charge on any atom is 0.287 e. The largest absolute Gasteiger partial charge is 0.451 e. The number of hydrogen-bond donors (Lipinski definition) is 2. The lowest BCUT2D eigenvalue weighted by atomic mass is 10.0. The molecule has 1 fully saturated rings. The molecular weight excluding hydrogens is 554 g/mol. The zero-order chi connectivity index (χ0) is 30.5. The molecule has 0 saturated carbocycles. The number of carbonyl (C=O) groups is 2. The number of amides is 2. The van der Waals surface area contributed by atoms with Gasteiger partial charge >= 0.3 is 0 Å². The van der Waals surface area contributed by atoms with E-state index in [4.69, 9.17) is 14.9 Å². The number of aromatic nitrogens is 2. The number of likely N-dealkylation sites (tertiary alicyclic amines) is 1. The molecule has 2 aromatic heterocycles. The molecule has 2 amide bonds. The molecule has 0 aliphatic carbocycles. The second-order valence-electron chi connectivity index (χ2n) is 10.9. The Kier molecular flexibility index (Phi) is 8.17. The van der Waals surface area contributed by atoms with Gasteiger partial charge in [0.05, 0.1) is 41.6 Å². The molecule has 0 unspecified atom stereocenters. The topological polar surface area (TPSA) is 140 Å². The highest BCUT2D eigenvalue weighted by atomic mass is 16.3. The van der Waals surface area contributed by atoms with E-state index in [-0.39, 0.29) is 23.6 Å². The summed E-state index contributed by atoms with van der Waals surface area (Å²) in [7, 11) is 0. The molecule has 0 bridgehead atoms. The molecule has 3 heterocycles. The highest BCUT2D eigenvalue weighted by Crippen LogP contribution is 2.24. The number of nitrogens with zero attached hydrogens (tertiary/aromatic N) is 5. The molecule has 2 N–H and O–H groups in total. The minimum absolute atomic E-state index is 0.0561.